The van der Waals surface area contributed by atoms with Crippen molar-refractivity contribution >= 4 is 17.6 Å². The van der Waals surface area contributed by atoms with Crippen LogP contribution in [0.4, 0.5) is 10.5 Å². The van der Waals surface area contributed by atoms with Gasteiger partial charge >= 0.3 is 6.03 Å². The molecule has 192 valence electrons. The number of hydrogen-bond donors (Lipinski definition) is 3. The summed E-state index contributed by atoms with van der Waals surface area (Å²) in [5.41, 5.74) is 3.48. The van der Waals surface area contributed by atoms with Crippen LogP contribution < -0.4 is 30.3 Å². The van der Waals surface area contributed by atoms with Crippen LogP contribution in [0.15, 0.2) is 54.4 Å². The number of allylic oxidation sites excluding steroid dienone is 1. The predicted octanol–water partition coefficient (Wildman–Crippen LogP) is 3.28. The van der Waals surface area contributed by atoms with E-state index in [1.807, 2.05) is 48.4 Å². The molecule has 0 spiro atoms. The van der Waals surface area contributed by atoms with E-state index in [1.165, 1.54) is 0 Å². The summed E-state index contributed by atoms with van der Waals surface area (Å²) in [5, 5.41) is 9.36. The first-order valence-electron chi connectivity index (χ1n) is 12.2. The van der Waals surface area contributed by atoms with Crippen LogP contribution in [0.3, 0.4) is 0 Å². The number of methoxy groups -OCH3 is 2. The Balaban J connectivity index is 1.35. The van der Waals surface area contributed by atoms with Gasteiger partial charge in [0.05, 0.1) is 26.6 Å². The van der Waals surface area contributed by atoms with E-state index >= 15 is 0 Å². The summed E-state index contributed by atoms with van der Waals surface area (Å²) in [6.07, 6.45) is 2.82. The maximum atomic E-state index is 13.1. The fraction of sp³-hybridized carbons (Fsp3) is 0.407. The van der Waals surface area contributed by atoms with Crippen molar-refractivity contribution < 1.29 is 19.1 Å². The number of ether oxygens (including phenoxy) is 2. The third kappa shape index (κ3) is 6.02. The number of nitrogens with one attached hydrogen (secondary N) is 3. The third-order valence-corrected chi connectivity index (χ3v) is 6.51. The van der Waals surface area contributed by atoms with Crippen LogP contribution in [0.1, 0.15) is 36.2 Å². The van der Waals surface area contributed by atoms with Crippen molar-refractivity contribution in [2.24, 2.45) is 5.92 Å². The Morgan fingerprint density at radius 3 is 2.53 bits per heavy atom. The maximum absolute atomic E-state index is 13.1. The third-order valence-electron chi connectivity index (χ3n) is 6.51. The summed E-state index contributed by atoms with van der Waals surface area (Å²) in [7, 11) is 3.23. The van der Waals surface area contributed by atoms with Gasteiger partial charge < -0.3 is 35.2 Å². The largest absolute Gasteiger partial charge is 0.497 e. The van der Waals surface area contributed by atoms with E-state index < -0.39 is 0 Å². The molecular weight excluding hydrogens is 458 g/mol. The Bertz CT molecular complexity index is 1120. The van der Waals surface area contributed by atoms with E-state index in [0.29, 0.717) is 37.6 Å². The summed E-state index contributed by atoms with van der Waals surface area (Å²) in [6.45, 7) is 6.30. The van der Waals surface area contributed by atoms with Gasteiger partial charge in [0.15, 0.2) is 0 Å². The van der Waals surface area contributed by atoms with Crippen LogP contribution in [0.2, 0.25) is 0 Å². The number of hydrogen-bond acceptors (Lipinski definition) is 6. The molecule has 0 bridgehead atoms. The molecule has 0 saturated carbocycles. The quantitative estimate of drug-likeness (QED) is 0.548. The Morgan fingerprint density at radius 1 is 1.08 bits per heavy atom. The predicted molar refractivity (Wildman–Crippen MR) is 139 cm³/mol. The van der Waals surface area contributed by atoms with Crippen LogP contribution in [0.25, 0.3) is 0 Å². The minimum absolute atomic E-state index is 0.132. The molecule has 3 amide bonds. The van der Waals surface area contributed by atoms with Gasteiger partial charge in [-0.25, -0.2) is 4.79 Å². The molecule has 36 heavy (non-hydrogen) atoms. The first-order valence-corrected chi connectivity index (χ1v) is 12.2. The smallest absolute Gasteiger partial charge is 0.317 e. The second-order valence-corrected chi connectivity index (χ2v) is 9.43. The molecule has 1 fully saturated rings. The van der Waals surface area contributed by atoms with Crippen molar-refractivity contribution in [3.63, 3.8) is 0 Å². The molecule has 0 aromatic heterocycles. The molecule has 2 aliphatic heterocycles. The van der Waals surface area contributed by atoms with Gasteiger partial charge in [-0.2, -0.15) is 0 Å². The molecule has 0 aliphatic carbocycles. The minimum Gasteiger partial charge on any atom is -0.497 e. The van der Waals surface area contributed by atoms with Crippen LogP contribution >= 0.6 is 0 Å². The standard InChI is InChI=1S/C27H35N5O4/c1-18-11-22(16-31(14-18)27(34)28-13-20-5-8-23(35-3)9-6-20)30-26(33)21-7-10-24(25(12-21)36-4)32-15-19(2)29-17-32/h5-10,12,15,18,22,29H,11,13-14,16-17H2,1-4H3,(H,28,34)(H,30,33)/t18-,22?/m0/s1. The Hall–Kier alpha value is -3.88. The average molecular weight is 494 g/mol. The summed E-state index contributed by atoms with van der Waals surface area (Å²) in [6, 6.07) is 12.8. The number of amides is 3. The zero-order chi connectivity index (χ0) is 25.7. The molecule has 9 heteroatoms. The van der Waals surface area contributed by atoms with Crippen molar-refractivity contribution in [1.82, 2.24) is 20.9 Å². The zero-order valence-corrected chi connectivity index (χ0v) is 21.3. The fourth-order valence-electron chi connectivity index (χ4n) is 4.67. The topological polar surface area (TPSA) is 95.2 Å². The van der Waals surface area contributed by atoms with Gasteiger partial charge in [-0.3, -0.25) is 4.79 Å². The van der Waals surface area contributed by atoms with Gasteiger partial charge in [0.25, 0.3) is 5.91 Å². The molecule has 2 atom stereocenters. The number of rotatable bonds is 7. The number of piperidine rings is 1. The molecule has 0 radical (unpaired) electrons. The van der Waals surface area contributed by atoms with Crippen molar-refractivity contribution in [2.45, 2.75) is 32.9 Å². The lowest BCUT2D eigenvalue weighted by Crippen LogP contribution is -2.54. The number of nitrogens with zero attached hydrogens (tertiary/aromatic N) is 2. The normalized spacial score (nSPS) is 19.3. The number of likely N-dealkylation sites (tertiary alicyclic amines) is 1. The number of anilines is 1. The summed E-state index contributed by atoms with van der Waals surface area (Å²) >= 11 is 0. The van der Waals surface area contributed by atoms with Crippen LogP contribution in [-0.4, -0.2) is 56.9 Å². The number of carbonyl (C=O) groups is 2. The highest BCUT2D eigenvalue weighted by Gasteiger charge is 2.29. The fourth-order valence-corrected chi connectivity index (χ4v) is 4.67. The first kappa shape index (κ1) is 25.2. The molecule has 2 aromatic carbocycles. The summed E-state index contributed by atoms with van der Waals surface area (Å²) < 4.78 is 10.7. The highest BCUT2D eigenvalue weighted by atomic mass is 16.5. The Morgan fingerprint density at radius 2 is 1.86 bits per heavy atom. The van der Waals surface area contributed by atoms with Gasteiger partial charge in [-0.1, -0.05) is 19.1 Å². The van der Waals surface area contributed by atoms with Crippen LogP contribution in [0.5, 0.6) is 11.5 Å². The summed E-state index contributed by atoms with van der Waals surface area (Å²) in [5.74, 6) is 1.50. The van der Waals surface area contributed by atoms with Crippen molar-refractivity contribution in [1.29, 1.82) is 0 Å². The number of carbonyl (C=O) groups excluding carboxylic acids is 2. The van der Waals surface area contributed by atoms with Crippen molar-refractivity contribution in [2.75, 3.05) is 38.9 Å². The van der Waals surface area contributed by atoms with Crippen LogP contribution in [-0.2, 0) is 6.54 Å². The zero-order valence-electron chi connectivity index (χ0n) is 21.3. The average Bonchev–Trinajstić information content (AvgIpc) is 3.32. The van der Waals surface area contributed by atoms with E-state index in [1.54, 1.807) is 31.3 Å². The van der Waals surface area contributed by atoms with E-state index in [-0.39, 0.29) is 23.9 Å². The molecule has 1 saturated heterocycles. The SMILES string of the molecule is COc1ccc(CNC(=O)N2CC(NC(=O)c3ccc(N4C=C(C)NC4)c(OC)c3)C[C@H](C)C2)cc1. The van der Waals surface area contributed by atoms with E-state index in [4.69, 9.17) is 9.47 Å². The Labute approximate surface area is 212 Å². The molecule has 9 nitrogen and oxygen atoms in total. The van der Waals surface area contributed by atoms with Gasteiger partial charge in [0.2, 0.25) is 0 Å². The summed E-state index contributed by atoms with van der Waals surface area (Å²) in [4.78, 5) is 29.8. The van der Waals surface area contributed by atoms with Crippen molar-refractivity contribution in [3.05, 3.63) is 65.5 Å². The molecular formula is C27H35N5O4. The lowest BCUT2D eigenvalue weighted by molar-refractivity contribution is 0.0891. The molecule has 4 rings (SSSR count). The van der Waals surface area contributed by atoms with Gasteiger partial charge in [-0.05, 0) is 55.2 Å². The maximum Gasteiger partial charge on any atom is 0.317 e. The second-order valence-electron chi connectivity index (χ2n) is 9.43. The van der Waals surface area contributed by atoms with Gasteiger partial charge in [0, 0.05) is 43.1 Å². The van der Waals surface area contributed by atoms with E-state index in [0.717, 1.165) is 29.1 Å². The molecule has 3 N–H and O–H groups in total. The van der Waals surface area contributed by atoms with Gasteiger partial charge in [-0.15, -0.1) is 0 Å². The lowest BCUT2D eigenvalue weighted by Gasteiger charge is -2.36. The molecule has 2 heterocycles. The second kappa shape index (κ2) is 11.2. The van der Waals surface area contributed by atoms with Gasteiger partial charge in [0.1, 0.15) is 11.5 Å². The molecule has 2 aromatic rings. The molecule has 2 aliphatic rings. The highest BCUT2D eigenvalue weighted by molar-refractivity contribution is 5.95. The van der Waals surface area contributed by atoms with E-state index in [2.05, 4.69) is 22.9 Å². The Kier molecular flexibility index (Phi) is 7.87. The van der Waals surface area contributed by atoms with Crippen molar-refractivity contribution in [3.8, 4) is 11.5 Å². The number of benzene rings is 2. The number of urea groups is 1. The lowest BCUT2D eigenvalue weighted by atomic mass is 9.96. The molecule has 1 unspecified atom stereocenters. The monoisotopic (exact) mass is 493 g/mol. The van der Waals surface area contributed by atoms with E-state index in [9.17, 15) is 9.59 Å². The first-order chi connectivity index (χ1) is 17.4. The minimum atomic E-state index is -0.177. The highest BCUT2D eigenvalue weighted by Crippen LogP contribution is 2.31. The van der Waals surface area contributed by atoms with Crippen LogP contribution in [0, 0.1) is 5.92 Å².